The van der Waals surface area contributed by atoms with Crippen LogP contribution in [-0.2, 0) is 6.42 Å². The van der Waals surface area contributed by atoms with Crippen LogP contribution in [0.5, 0.6) is 0 Å². The first kappa shape index (κ1) is 9.27. The molecule has 0 aliphatic carbocycles. The molecule has 0 saturated carbocycles. The van der Waals surface area contributed by atoms with Crippen LogP contribution in [0.15, 0.2) is 30.3 Å². The van der Waals surface area contributed by atoms with E-state index < -0.39 is 5.60 Å². The summed E-state index contributed by atoms with van der Waals surface area (Å²) in [4.78, 5) is 0. The Kier molecular flexibility index (Phi) is 2.88. The van der Waals surface area contributed by atoms with E-state index in [1.54, 1.807) is 0 Å². The summed E-state index contributed by atoms with van der Waals surface area (Å²) in [5.41, 5.74) is 0.332. The van der Waals surface area contributed by atoms with Gasteiger partial charge in [0.15, 0.2) is 0 Å². The van der Waals surface area contributed by atoms with Crippen molar-refractivity contribution in [2.45, 2.75) is 25.4 Å². The minimum Gasteiger partial charge on any atom is -0.390 e. The lowest BCUT2D eigenvalue weighted by molar-refractivity contribution is 0.0842. The average molecular weight is 163 g/mol. The minimum atomic E-state index is -0.804. The zero-order chi connectivity index (χ0) is 9.03. The first-order valence-electron chi connectivity index (χ1n) is 4.26. The van der Waals surface area contributed by atoms with Gasteiger partial charge in [-0.2, -0.15) is 0 Å². The van der Waals surface area contributed by atoms with Crippen molar-refractivity contribution >= 4 is 0 Å². The Labute approximate surface area is 74.1 Å². The molecule has 0 bridgehead atoms. The summed E-state index contributed by atoms with van der Waals surface area (Å²) in [6, 6.07) is 9.93. The van der Waals surface area contributed by atoms with E-state index in [0.717, 1.165) is 5.56 Å². The van der Waals surface area contributed by atoms with Crippen LogP contribution >= 0.6 is 0 Å². The molecule has 0 aromatic heterocycles. The first-order chi connectivity index (χ1) is 5.64. The molecule has 1 unspecified atom stereocenters. The van der Waals surface area contributed by atoms with Gasteiger partial charge in [-0.05, 0) is 18.9 Å². The Hall–Kier alpha value is -0.820. The van der Waals surface area contributed by atoms with E-state index >= 15 is 0 Å². The van der Waals surface area contributed by atoms with Gasteiger partial charge in [0.2, 0.25) is 0 Å². The van der Waals surface area contributed by atoms with Gasteiger partial charge in [-0.1, -0.05) is 37.3 Å². The van der Waals surface area contributed by atoms with Crippen LogP contribution in [0.1, 0.15) is 18.9 Å². The summed E-state index contributed by atoms with van der Waals surface area (Å²) in [6.45, 7) is 5.68. The number of hydrogen-bond donors (Lipinski definition) is 1. The molecule has 0 amide bonds. The van der Waals surface area contributed by atoms with Crippen molar-refractivity contribution in [2.75, 3.05) is 0 Å². The van der Waals surface area contributed by atoms with E-state index in [1.807, 2.05) is 37.3 Å². The van der Waals surface area contributed by atoms with Crippen molar-refractivity contribution in [3.8, 4) is 0 Å². The van der Waals surface area contributed by atoms with Gasteiger partial charge in [-0.15, -0.1) is 0 Å². The summed E-state index contributed by atoms with van der Waals surface area (Å²) in [7, 11) is 0. The van der Waals surface area contributed by atoms with Gasteiger partial charge in [-0.3, -0.25) is 0 Å². The highest BCUT2D eigenvalue weighted by Gasteiger charge is 2.17. The van der Waals surface area contributed by atoms with Crippen molar-refractivity contribution < 1.29 is 5.11 Å². The lowest BCUT2D eigenvalue weighted by atomic mass is 9.94. The van der Waals surface area contributed by atoms with Crippen molar-refractivity contribution in [1.29, 1.82) is 0 Å². The van der Waals surface area contributed by atoms with Crippen LogP contribution in [0.3, 0.4) is 0 Å². The Bertz CT molecular complexity index is 226. The van der Waals surface area contributed by atoms with E-state index in [1.165, 1.54) is 0 Å². The maximum atomic E-state index is 9.67. The van der Waals surface area contributed by atoms with Gasteiger partial charge in [-0.25, -0.2) is 0 Å². The molecule has 1 heteroatoms. The second-order valence-electron chi connectivity index (χ2n) is 3.24. The van der Waals surface area contributed by atoms with Crippen molar-refractivity contribution in [3.63, 3.8) is 0 Å². The third-order valence-corrected chi connectivity index (χ3v) is 2.03. The molecule has 0 aliphatic rings. The Balaban J connectivity index is 2.64. The number of aliphatic hydroxyl groups is 1. The smallest absolute Gasteiger partial charge is 0.0686 e. The van der Waals surface area contributed by atoms with Crippen LogP contribution in [0.2, 0.25) is 0 Å². The monoisotopic (exact) mass is 163 g/mol. The molecular weight excluding hydrogens is 148 g/mol. The predicted octanol–water partition coefficient (Wildman–Crippen LogP) is 2.20. The average Bonchev–Trinajstić information content (AvgIpc) is 2.06. The Morgan fingerprint density at radius 2 is 1.92 bits per heavy atom. The van der Waals surface area contributed by atoms with Gasteiger partial charge in [0.05, 0.1) is 5.60 Å². The highest BCUT2D eigenvalue weighted by atomic mass is 16.3. The summed E-state index contributed by atoms with van der Waals surface area (Å²) < 4.78 is 0. The first-order valence-corrected chi connectivity index (χ1v) is 4.26. The molecule has 1 aromatic carbocycles. The summed E-state index contributed by atoms with van der Waals surface area (Å²) in [5.74, 6) is 0. The fourth-order valence-corrected chi connectivity index (χ4v) is 1.10. The second kappa shape index (κ2) is 3.72. The van der Waals surface area contributed by atoms with Crippen LogP contribution in [0.25, 0.3) is 0 Å². The summed E-state index contributed by atoms with van der Waals surface area (Å²) in [5, 5.41) is 9.67. The largest absolute Gasteiger partial charge is 0.390 e. The SMILES string of the molecule is [CH2]C(O)(CC)Cc1ccccc1. The highest BCUT2D eigenvalue weighted by molar-refractivity contribution is 5.17. The van der Waals surface area contributed by atoms with Gasteiger partial charge < -0.3 is 5.11 Å². The Morgan fingerprint density at radius 3 is 2.42 bits per heavy atom. The molecule has 0 spiro atoms. The lowest BCUT2D eigenvalue weighted by Gasteiger charge is -2.20. The molecule has 12 heavy (non-hydrogen) atoms. The molecule has 1 nitrogen and oxygen atoms in total. The van der Waals surface area contributed by atoms with E-state index in [2.05, 4.69) is 6.92 Å². The summed E-state index contributed by atoms with van der Waals surface area (Å²) >= 11 is 0. The third kappa shape index (κ3) is 2.67. The molecule has 1 aromatic rings. The standard InChI is InChI=1S/C11H15O/c1-3-11(2,12)9-10-7-5-4-6-8-10/h4-8,12H,2-3,9H2,1H3. The van der Waals surface area contributed by atoms with Gasteiger partial charge in [0.25, 0.3) is 0 Å². The summed E-state index contributed by atoms with van der Waals surface area (Å²) in [6.07, 6.45) is 1.31. The van der Waals surface area contributed by atoms with Gasteiger partial charge in [0.1, 0.15) is 0 Å². The maximum absolute atomic E-state index is 9.67. The molecule has 0 heterocycles. The zero-order valence-corrected chi connectivity index (χ0v) is 7.46. The van der Waals surface area contributed by atoms with Crippen molar-refractivity contribution in [3.05, 3.63) is 42.8 Å². The fourth-order valence-electron chi connectivity index (χ4n) is 1.10. The van der Waals surface area contributed by atoms with E-state index in [4.69, 9.17) is 0 Å². The zero-order valence-electron chi connectivity index (χ0n) is 7.46. The van der Waals surface area contributed by atoms with Crippen LogP contribution in [0, 0.1) is 6.92 Å². The second-order valence-corrected chi connectivity index (χ2v) is 3.24. The quantitative estimate of drug-likeness (QED) is 0.724. The molecule has 1 atom stereocenters. The number of rotatable bonds is 3. The number of benzene rings is 1. The Morgan fingerprint density at radius 1 is 1.33 bits per heavy atom. The molecule has 0 aliphatic heterocycles. The van der Waals surface area contributed by atoms with E-state index in [-0.39, 0.29) is 0 Å². The normalized spacial score (nSPS) is 15.6. The molecule has 0 fully saturated rings. The van der Waals surface area contributed by atoms with Crippen LogP contribution in [-0.4, -0.2) is 10.7 Å². The van der Waals surface area contributed by atoms with Crippen LogP contribution < -0.4 is 0 Å². The molecule has 0 saturated heterocycles. The topological polar surface area (TPSA) is 20.2 Å². The minimum absolute atomic E-state index is 0.629. The van der Waals surface area contributed by atoms with Crippen molar-refractivity contribution in [2.24, 2.45) is 0 Å². The maximum Gasteiger partial charge on any atom is 0.0686 e. The molecular formula is C11H15O. The van der Waals surface area contributed by atoms with Gasteiger partial charge in [0, 0.05) is 6.42 Å². The molecule has 1 radical (unpaired) electrons. The fraction of sp³-hybridized carbons (Fsp3) is 0.364. The molecule has 1 N–H and O–H groups in total. The van der Waals surface area contributed by atoms with Crippen molar-refractivity contribution in [1.82, 2.24) is 0 Å². The van der Waals surface area contributed by atoms with Crippen LogP contribution in [0.4, 0.5) is 0 Å². The third-order valence-electron chi connectivity index (χ3n) is 2.03. The van der Waals surface area contributed by atoms with E-state index in [9.17, 15) is 5.11 Å². The highest BCUT2D eigenvalue weighted by Crippen LogP contribution is 2.15. The molecule has 65 valence electrons. The molecule has 1 rings (SSSR count). The lowest BCUT2D eigenvalue weighted by Crippen LogP contribution is -2.26. The van der Waals surface area contributed by atoms with E-state index in [0.29, 0.717) is 12.8 Å². The van der Waals surface area contributed by atoms with Gasteiger partial charge >= 0.3 is 0 Å². The number of hydrogen-bond acceptors (Lipinski definition) is 1. The predicted molar refractivity (Wildman–Crippen MR) is 50.7 cm³/mol.